The van der Waals surface area contributed by atoms with Gasteiger partial charge in [-0.1, -0.05) is 12.1 Å². The molecule has 0 spiro atoms. The number of carbonyl (C=O) groups excluding carboxylic acids is 2. The molecule has 0 aromatic heterocycles. The van der Waals surface area contributed by atoms with Crippen LogP contribution in [0.2, 0.25) is 0 Å². The molecule has 2 aliphatic rings. The van der Waals surface area contributed by atoms with Crippen LogP contribution in [0, 0.1) is 0 Å². The Hall–Kier alpha value is -3.22. The maximum absolute atomic E-state index is 12.8. The first kappa shape index (κ1) is 16.3. The molecule has 2 aromatic carbocycles. The Morgan fingerprint density at radius 1 is 1.19 bits per heavy atom. The average Bonchev–Trinajstić information content (AvgIpc) is 3.06. The van der Waals surface area contributed by atoms with Gasteiger partial charge in [0.25, 0.3) is 5.91 Å². The Balaban J connectivity index is 1.54. The number of nitrogens with one attached hydrogen (secondary N) is 2. The van der Waals surface area contributed by atoms with Crippen molar-refractivity contribution in [2.24, 2.45) is 0 Å². The predicted molar refractivity (Wildman–Crippen MR) is 97.7 cm³/mol. The minimum atomic E-state index is -0.784. The molecule has 0 aliphatic carbocycles. The molecule has 2 aliphatic heterocycles. The summed E-state index contributed by atoms with van der Waals surface area (Å²) in [5, 5.41) is 6.02. The molecular weight excluding hydrogens is 334 g/mol. The zero-order valence-electron chi connectivity index (χ0n) is 14.5. The highest BCUT2D eigenvalue weighted by molar-refractivity contribution is 6.11. The van der Waals surface area contributed by atoms with Crippen molar-refractivity contribution in [2.45, 2.75) is 19.4 Å². The minimum absolute atomic E-state index is 0.0740. The Morgan fingerprint density at radius 3 is 2.81 bits per heavy atom. The molecular formula is C19H19N3O4. The minimum Gasteiger partial charge on any atom is -0.454 e. The fourth-order valence-corrected chi connectivity index (χ4v) is 3.13. The van der Waals surface area contributed by atoms with Crippen LogP contribution in [0.1, 0.15) is 13.8 Å². The quantitative estimate of drug-likeness (QED) is 0.887. The molecule has 2 aromatic rings. The number of amides is 2. The lowest BCUT2D eigenvalue weighted by Crippen LogP contribution is -2.55. The summed E-state index contributed by atoms with van der Waals surface area (Å²) >= 11 is 0. The van der Waals surface area contributed by atoms with Crippen LogP contribution in [0.5, 0.6) is 11.5 Å². The van der Waals surface area contributed by atoms with Gasteiger partial charge in [-0.2, -0.15) is 0 Å². The van der Waals surface area contributed by atoms with Gasteiger partial charge >= 0.3 is 0 Å². The number of carbonyl (C=O) groups is 2. The number of rotatable bonds is 3. The highest BCUT2D eigenvalue weighted by atomic mass is 16.7. The molecule has 0 radical (unpaired) electrons. The molecule has 2 N–H and O–H groups in total. The Kier molecular flexibility index (Phi) is 3.72. The van der Waals surface area contributed by atoms with Gasteiger partial charge in [-0.25, -0.2) is 0 Å². The standard InChI is InChI=1S/C19H19N3O4/c1-19(2)18(24)22(14-6-4-3-5-13(14)21-19)10-17(23)20-12-7-8-15-16(9-12)26-11-25-15/h3-9,21H,10-11H2,1-2H3,(H,20,23). The van der Waals surface area contributed by atoms with Gasteiger partial charge in [0, 0.05) is 11.8 Å². The summed E-state index contributed by atoms with van der Waals surface area (Å²) in [6.45, 7) is 3.70. The Morgan fingerprint density at radius 2 is 1.96 bits per heavy atom. The van der Waals surface area contributed by atoms with Gasteiger partial charge in [0.15, 0.2) is 11.5 Å². The fourth-order valence-electron chi connectivity index (χ4n) is 3.13. The van der Waals surface area contributed by atoms with E-state index in [9.17, 15) is 9.59 Å². The third kappa shape index (κ3) is 2.81. The normalized spacial score (nSPS) is 16.7. The third-order valence-electron chi connectivity index (χ3n) is 4.38. The lowest BCUT2D eigenvalue weighted by atomic mass is 9.98. The van der Waals surface area contributed by atoms with Gasteiger partial charge in [0.1, 0.15) is 12.1 Å². The van der Waals surface area contributed by atoms with Crippen molar-refractivity contribution in [2.75, 3.05) is 28.9 Å². The largest absolute Gasteiger partial charge is 0.454 e. The predicted octanol–water partition coefficient (Wildman–Crippen LogP) is 2.59. The summed E-state index contributed by atoms with van der Waals surface area (Å²) < 4.78 is 10.6. The van der Waals surface area contributed by atoms with Crippen molar-refractivity contribution in [3.05, 3.63) is 42.5 Å². The lowest BCUT2D eigenvalue weighted by molar-refractivity contribution is -0.124. The summed E-state index contributed by atoms with van der Waals surface area (Å²) in [5.74, 6) is 0.797. The lowest BCUT2D eigenvalue weighted by Gasteiger charge is -2.39. The van der Waals surface area contributed by atoms with Crippen LogP contribution in [-0.4, -0.2) is 30.7 Å². The molecule has 2 amide bonds. The molecule has 2 heterocycles. The second-order valence-electron chi connectivity index (χ2n) is 6.77. The van der Waals surface area contributed by atoms with E-state index in [1.165, 1.54) is 4.90 Å². The second-order valence-corrected chi connectivity index (χ2v) is 6.77. The molecule has 4 rings (SSSR count). The Bertz CT molecular complexity index is 894. The topological polar surface area (TPSA) is 79.9 Å². The molecule has 26 heavy (non-hydrogen) atoms. The number of fused-ring (bicyclic) bond motifs is 2. The van der Waals surface area contributed by atoms with Gasteiger partial charge in [-0.05, 0) is 38.1 Å². The van der Waals surface area contributed by atoms with Crippen molar-refractivity contribution >= 4 is 28.9 Å². The van der Waals surface area contributed by atoms with E-state index in [-0.39, 0.29) is 25.2 Å². The van der Waals surface area contributed by atoms with Crippen molar-refractivity contribution in [1.82, 2.24) is 0 Å². The average molecular weight is 353 g/mol. The smallest absolute Gasteiger partial charge is 0.252 e. The van der Waals surface area contributed by atoms with E-state index in [1.54, 1.807) is 32.0 Å². The van der Waals surface area contributed by atoms with E-state index in [4.69, 9.17) is 9.47 Å². The number of para-hydroxylation sites is 2. The number of nitrogens with zero attached hydrogens (tertiary/aromatic N) is 1. The summed E-state index contributed by atoms with van der Waals surface area (Å²) in [6.07, 6.45) is 0. The summed E-state index contributed by atoms with van der Waals surface area (Å²) in [7, 11) is 0. The number of hydrogen-bond donors (Lipinski definition) is 2. The highest BCUT2D eigenvalue weighted by Crippen LogP contribution is 2.36. The van der Waals surface area contributed by atoms with Crippen LogP contribution in [-0.2, 0) is 9.59 Å². The first-order valence-electron chi connectivity index (χ1n) is 8.33. The van der Waals surface area contributed by atoms with E-state index in [0.29, 0.717) is 22.9 Å². The van der Waals surface area contributed by atoms with Crippen LogP contribution in [0.25, 0.3) is 0 Å². The number of anilines is 3. The van der Waals surface area contributed by atoms with E-state index < -0.39 is 5.54 Å². The number of ether oxygens (including phenoxy) is 2. The van der Waals surface area contributed by atoms with Gasteiger partial charge < -0.3 is 20.1 Å². The van der Waals surface area contributed by atoms with E-state index >= 15 is 0 Å². The SMILES string of the molecule is CC1(C)Nc2ccccc2N(CC(=O)Nc2ccc3c(c2)OCO3)C1=O. The van der Waals surface area contributed by atoms with Crippen molar-refractivity contribution in [3.63, 3.8) is 0 Å². The molecule has 0 unspecified atom stereocenters. The second kappa shape index (κ2) is 5.94. The maximum atomic E-state index is 12.8. The van der Waals surface area contributed by atoms with Gasteiger partial charge in [0.05, 0.1) is 11.4 Å². The number of benzene rings is 2. The fraction of sp³-hybridized carbons (Fsp3) is 0.263. The van der Waals surface area contributed by atoms with Gasteiger partial charge in [-0.3, -0.25) is 14.5 Å². The van der Waals surface area contributed by atoms with Crippen LogP contribution in [0.3, 0.4) is 0 Å². The van der Waals surface area contributed by atoms with Gasteiger partial charge in [-0.15, -0.1) is 0 Å². The Labute approximate surface area is 150 Å². The van der Waals surface area contributed by atoms with Crippen molar-refractivity contribution in [1.29, 1.82) is 0 Å². The summed E-state index contributed by atoms with van der Waals surface area (Å²) in [4.78, 5) is 26.9. The maximum Gasteiger partial charge on any atom is 0.252 e. The zero-order chi connectivity index (χ0) is 18.3. The monoisotopic (exact) mass is 353 g/mol. The van der Waals surface area contributed by atoms with Crippen LogP contribution in [0.15, 0.2) is 42.5 Å². The highest BCUT2D eigenvalue weighted by Gasteiger charge is 2.39. The molecule has 0 fully saturated rings. The summed E-state index contributed by atoms with van der Waals surface area (Å²) in [5.41, 5.74) is 1.33. The van der Waals surface area contributed by atoms with E-state index in [2.05, 4.69) is 10.6 Å². The van der Waals surface area contributed by atoms with E-state index in [1.807, 2.05) is 24.3 Å². The molecule has 7 nitrogen and oxygen atoms in total. The van der Waals surface area contributed by atoms with Crippen LogP contribution in [0.4, 0.5) is 17.1 Å². The third-order valence-corrected chi connectivity index (χ3v) is 4.38. The molecule has 134 valence electrons. The van der Waals surface area contributed by atoms with Gasteiger partial charge in [0.2, 0.25) is 12.7 Å². The van der Waals surface area contributed by atoms with Crippen LogP contribution < -0.4 is 25.0 Å². The van der Waals surface area contributed by atoms with E-state index in [0.717, 1.165) is 5.69 Å². The van der Waals surface area contributed by atoms with Crippen molar-refractivity contribution < 1.29 is 19.1 Å². The first-order valence-corrected chi connectivity index (χ1v) is 8.33. The number of hydrogen-bond acceptors (Lipinski definition) is 5. The van der Waals surface area contributed by atoms with Crippen molar-refractivity contribution in [3.8, 4) is 11.5 Å². The zero-order valence-corrected chi connectivity index (χ0v) is 14.5. The molecule has 0 bridgehead atoms. The molecule has 0 saturated carbocycles. The summed E-state index contributed by atoms with van der Waals surface area (Å²) in [6, 6.07) is 12.6. The molecule has 7 heteroatoms. The first-order chi connectivity index (χ1) is 12.4. The molecule has 0 atom stereocenters. The molecule has 0 saturated heterocycles. The van der Waals surface area contributed by atoms with Crippen LogP contribution >= 0.6 is 0 Å².